The normalized spacial score (nSPS) is 13.8. The molecule has 140 valence electrons. The summed E-state index contributed by atoms with van der Waals surface area (Å²) >= 11 is 0. The van der Waals surface area contributed by atoms with Gasteiger partial charge in [0.15, 0.2) is 11.2 Å². The summed E-state index contributed by atoms with van der Waals surface area (Å²) in [4.78, 5) is 43.3. The van der Waals surface area contributed by atoms with Crippen LogP contribution in [0.2, 0.25) is 0 Å². The van der Waals surface area contributed by atoms with E-state index in [1.54, 1.807) is 11.6 Å². The number of benzene rings is 1. The number of aryl methyl sites for hydroxylation is 3. The SMILES string of the molecule is Cn1c(=O)c2c(ncn2CCC(=O)N2CCCc3ccccc32)n(C)c1=O. The summed E-state index contributed by atoms with van der Waals surface area (Å²) in [6.07, 6.45) is 3.70. The number of fused-ring (bicyclic) bond motifs is 2. The third kappa shape index (κ3) is 2.77. The Balaban J connectivity index is 1.61. The van der Waals surface area contributed by atoms with Gasteiger partial charge < -0.3 is 9.47 Å². The van der Waals surface area contributed by atoms with Crippen LogP contribution >= 0.6 is 0 Å². The van der Waals surface area contributed by atoms with Crippen molar-refractivity contribution >= 4 is 22.8 Å². The molecule has 0 unspecified atom stereocenters. The Kier molecular flexibility index (Phi) is 4.18. The van der Waals surface area contributed by atoms with Gasteiger partial charge in [-0.3, -0.25) is 18.7 Å². The van der Waals surface area contributed by atoms with Crippen molar-refractivity contribution < 1.29 is 4.79 Å². The number of rotatable bonds is 3. The predicted molar refractivity (Wildman–Crippen MR) is 102 cm³/mol. The maximum absolute atomic E-state index is 12.8. The van der Waals surface area contributed by atoms with Crippen LogP contribution in [0.25, 0.3) is 11.2 Å². The first-order valence-electron chi connectivity index (χ1n) is 8.98. The van der Waals surface area contributed by atoms with Crippen molar-refractivity contribution in [3.8, 4) is 0 Å². The van der Waals surface area contributed by atoms with Gasteiger partial charge in [-0.2, -0.15) is 0 Å². The number of anilines is 1. The molecule has 8 nitrogen and oxygen atoms in total. The molecule has 1 amide bonds. The van der Waals surface area contributed by atoms with Crippen LogP contribution in [0, 0.1) is 0 Å². The molecule has 4 rings (SSSR count). The predicted octanol–water partition coefficient (Wildman–Crippen LogP) is 0.803. The van der Waals surface area contributed by atoms with Crippen LogP contribution in [0.1, 0.15) is 18.4 Å². The molecule has 1 aliphatic heterocycles. The highest BCUT2D eigenvalue weighted by atomic mass is 16.2. The second-order valence-corrected chi connectivity index (χ2v) is 6.84. The van der Waals surface area contributed by atoms with Gasteiger partial charge >= 0.3 is 5.69 Å². The Hall–Kier alpha value is -3.16. The average Bonchev–Trinajstić information content (AvgIpc) is 3.12. The average molecular weight is 367 g/mol. The molecule has 3 heterocycles. The van der Waals surface area contributed by atoms with E-state index in [0.29, 0.717) is 24.3 Å². The molecular weight excluding hydrogens is 346 g/mol. The van der Waals surface area contributed by atoms with Crippen LogP contribution in [0.15, 0.2) is 40.2 Å². The van der Waals surface area contributed by atoms with E-state index >= 15 is 0 Å². The van der Waals surface area contributed by atoms with Gasteiger partial charge in [-0.15, -0.1) is 0 Å². The summed E-state index contributed by atoms with van der Waals surface area (Å²) in [7, 11) is 3.02. The van der Waals surface area contributed by atoms with Crippen LogP contribution in [0.3, 0.4) is 0 Å². The van der Waals surface area contributed by atoms with Crippen molar-refractivity contribution in [3.05, 3.63) is 57.0 Å². The monoisotopic (exact) mass is 367 g/mol. The number of carbonyl (C=O) groups is 1. The fourth-order valence-electron chi connectivity index (χ4n) is 3.71. The van der Waals surface area contributed by atoms with Crippen molar-refractivity contribution in [2.24, 2.45) is 14.1 Å². The van der Waals surface area contributed by atoms with E-state index in [0.717, 1.165) is 23.1 Å². The second kappa shape index (κ2) is 6.53. The van der Waals surface area contributed by atoms with E-state index in [-0.39, 0.29) is 12.3 Å². The van der Waals surface area contributed by atoms with Crippen LogP contribution in [0.4, 0.5) is 5.69 Å². The van der Waals surface area contributed by atoms with E-state index in [1.165, 1.54) is 23.5 Å². The van der Waals surface area contributed by atoms with Gasteiger partial charge in [-0.25, -0.2) is 9.78 Å². The Morgan fingerprint density at radius 3 is 2.74 bits per heavy atom. The fraction of sp³-hybridized carbons (Fsp3) is 0.368. The number of nitrogens with zero attached hydrogens (tertiary/aromatic N) is 5. The molecule has 0 radical (unpaired) electrons. The Morgan fingerprint density at radius 2 is 1.93 bits per heavy atom. The number of aromatic nitrogens is 4. The first kappa shape index (κ1) is 17.3. The molecule has 8 heteroatoms. The Morgan fingerprint density at radius 1 is 1.15 bits per heavy atom. The van der Waals surface area contributed by atoms with Crippen molar-refractivity contribution in [1.82, 2.24) is 18.7 Å². The quantitative estimate of drug-likeness (QED) is 0.686. The van der Waals surface area contributed by atoms with E-state index in [4.69, 9.17) is 0 Å². The molecule has 0 aliphatic carbocycles. The van der Waals surface area contributed by atoms with Crippen molar-refractivity contribution in [1.29, 1.82) is 0 Å². The molecule has 0 N–H and O–H groups in total. The second-order valence-electron chi connectivity index (χ2n) is 6.84. The zero-order valence-corrected chi connectivity index (χ0v) is 15.4. The van der Waals surface area contributed by atoms with Crippen LogP contribution < -0.4 is 16.1 Å². The first-order chi connectivity index (χ1) is 13.0. The molecule has 0 bridgehead atoms. The maximum Gasteiger partial charge on any atom is 0.332 e. The summed E-state index contributed by atoms with van der Waals surface area (Å²) in [5.41, 5.74) is 2.02. The van der Waals surface area contributed by atoms with E-state index in [2.05, 4.69) is 11.1 Å². The van der Waals surface area contributed by atoms with E-state index in [1.807, 2.05) is 23.1 Å². The largest absolute Gasteiger partial charge is 0.332 e. The lowest BCUT2D eigenvalue weighted by molar-refractivity contribution is -0.118. The highest BCUT2D eigenvalue weighted by Gasteiger charge is 2.22. The number of carbonyl (C=O) groups excluding carboxylic acids is 1. The third-order valence-corrected chi connectivity index (χ3v) is 5.20. The highest BCUT2D eigenvalue weighted by Crippen LogP contribution is 2.27. The zero-order chi connectivity index (χ0) is 19.1. The van der Waals surface area contributed by atoms with Gasteiger partial charge in [0.25, 0.3) is 5.56 Å². The maximum atomic E-state index is 12.8. The smallest absolute Gasteiger partial charge is 0.324 e. The molecule has 0 saturated heterocycles. The number of imidazole rings is 1. The zero-order valence-electron chi connectivity index (χ0n) is 15.4. The Bertz CT molecular complexity index is 1150. The summed E-state index contributed by atoms with van der Waals surface area (Å²) in [5, 5.41) is 0. The van der Waals surface area contributed by atoms with Gasteiger partial charge in [-0.1, -0.05) is 18.2 Å². The molecule has 2 aromatic heterocycles. The number of amides is 1. The lowest BCUT2D eigenvalue weighted by Gasteiger charge is -2.29. The molecule has 1 aliphatic rings. The summed E-state index contributed by atoms with van der Waals surface area (Å²) < 4.78 is 4.06. The van der Waals surface area contributed by atoms with E-state index in [9.17, 15) is 14.4 Å². The molecule has 0 saturated carbocycles. The molecule has 27 heavy (non-hydrogen) atoms. The van der Waals surface area contributed by atoms with Gasteiger partial charge in [0.05, 0.1) is 6.33 Å². The molecule has 1 aromatic carbocycles. The standard InChI is InChI=1S/C19H21N5O3/c1-21-17-16(18(26)22(2)19(21)27)23(12-20-17)11-9-15(25)24-10-5-7-13-6-3-4-8-14(13)24/h3-4,6,8,12H,5,7,9-11H2,1-2H3. The van der Waals surface area contributed by atoms with Crippen molar-refractivity contribution in [2.45, 2.75) is 25.8 Å². The summed E-state index contributed by atoms with van der Waals surface area (Å²) in [6, 6.07) is 7.97. The van der Waals surface area contributed by atoms with Crippen LogP contribution in [-0.4, -0.2) is 31.1 Å². The first-order valence-corrected chi connectivity index (χ1v) is 8.98. The van der Waals surface area contributed by atoms with Gasteiger partial charge in [0, 0.05) is 39.3 Å². The van der Waals surface area contributed by atoms with Crippen molar-refractivity contribution in [3.63, 3.8) is 0 Å². The lowest BCUT2D eigenvalue weighted by atomic mass is 10.0. The molecule has 0 atom stereocenters. The van der Waals surface area contributed by atoms with Crippen LogP contribution in [-0.2, 0) is 31.9 Å². The summed E-state index contributed by atoms with van der Waals surface area (Å²) in [6.45, 7) is 1.04. The van der Waals surface area contributed by atoms with Gasteiger partial charge in [0.1, 0.15) is 0 Å². The van der Waals surface area contributed by atoms with Crippen LogP contribution in [0.5, 0.6) is 0 Å². The Labute approximate surface area is 155 Å². The molecule has 0 fully saturated rings. The molecular formula is C19H21N5O3. The van der Waals surface area contributed by atoms with Crippen molar-refractivity contribution in [2.75, 3.05) is 11.4 Å². The minimum atomic E-state index is -0.418. The van der Waals surface area contributed by atoms with Gasteiger partial charge in [-0.05, 0) is 24.5 Å². The van der Waals surface area contributed by atoms with Gasteiger partial charge in [0.2, 0.25) is 5.91 Å². The minimum absolute atomic E-state index is 0.0191. The minimum Gasteiger partial charge on any atom is -0.324 e. The topological polar surface area (TPSA) is 82.1 Å². The lowest BCUT2D eigenvalue weighted by Crippen LogP contribution is -2.38. The third-order valence-electron chi connectivity index (χ3n) is 5.20. The fourth-order valence-corrected chi connectivity index (χ4v) is 3.71. The number of para-hydroxylation sites is 1. The highest BCUT2D eigenvalue weighted by molar-refractivity contribution is 5.94. The van der Waals surface area contributed by atoms with E-state index < -0.39 is 11.2 Å². The number of hydrogen-bond acceptors (Lipinski definition) is 4. The number of hydrogen-bond donors (Lipinski definition) is 0. The summed E-state index contributed by atoms with van der Waals surface area (Å²) in [5.74, 6) is 0.0191. The molecule has 0 spiro atoms. The molecule has 3 aromatic rings.